The standard InChI is InChI=1S/C15H21F2N3O2/c1-3-4-5-13(18)15(22)20-14(21)9(2)19-10-6-7-11(16)12(17)8-10/h6-9,13,19H,3-5,18H2,1-2H3,(H,20,21,22)/t9-,13-/m0/s1. The number of hydrogen-bond donors (Lipinski definition) is 3. The molecule has 7 heteroatoms. The zero-order valence-corrected chi connectivity index (χ0v) is 12.7. The molecule has 1 aromatic carbocycles. The Kier molecular flexibility index (Phi) is 6.91. The number of rotatable bonds is 7. The molecule has 1 aromatic rings. The SMILES string of the molecule is CCCC[C@H](N)C(=O)NC(=O)[C@H](C)Nc1ccc(F)c(F)c1. The number of nitrogens with one attached hydrogen (secondary N) is 2. The third kappa shape index (κ3) is 5.40. The first-order chi connectivity index (χ1) is 10.3. The summed E-state index contributed by atoms with van der Waals surface area (Å²) < 4.78 is 25.9. The molecular formula is C15H21F2N3O2. The summed E-state index contributed by atoms with van der Waals surface area (Å²) in [6.07, 6.45) is 2.20. The molecule has 0 spiro atoms. The van der Waals surface area contributed by atoms with Gasteiger partial charge in [0.2, 0.25) is 11.8 Å². The maximum Gasteiger partial charge on any atom is 0.248 e. The van der Waals surface area contributed by atoms with Gasteiger partial charge in [0.05, 0.1) is 6.04 Å². The van der Waals surface area contributed by atoms with Gasteiger partial charge in [-0.2, -0.15) is 0 Å². The van der Waals surface area contributed by atoms with E-state index in [-0.39, 0.29) is 5.69 Å². The van der Waals surface area contributed by atoms with E-state index in [2.05, 4.69) is 10.6 Å². The Labute approximate surface area is 128 Å². The van der Waals surface area contributed by atoms with Crippen LogP contribution in [0.25, 0.3) is 0 Å². The number of halogens is 2. The first-order valence-corrected chi connectivity index (χ1v) is 7.17. The van der Waals surface area contributed by atoms with E-state index in [0.29, 0.717) is 6.42 Å². The van der Waals surface area contributed by atoms with Crippen LogP contribution in [0.4, 0.5) is 14.5 Å². The highest BCUT2D eigenvalue weighted by Crippen LogP contribution is 2.14. The van der Waals surface area contributed by atoms with Crippen LogP contribution in [0.1, 0.15) is 33.1 Å². The Balaban J connectivity index is 2.54. The molecule has 0 aliphatic rings. The van der Waals surface area contributed by atoms with Crippen LogP contribution in [0.5, 0.6) is 0 Å². The second-order valence-corrected chi connectivity index (χ2v) is 5.10. The molecule has 0 aliphatic heterocycles. The smallest absolute Gasteiger partial charge is 0.248 e. The van der Waals surface area contributed by atoms with Crippen LogP contribution in [-0.4, -0.2) is 23.9 Å². The molecule has 0 heterocycles. The molecule has 0 bridgehead atoms. The number of nitrogens with two attached hydrogens (primary N) is 1. The van der Waals surface area contributed by atoms with Crippen LogP contribution in [0.2, 0.25) is 0 Å². The highest BCUT2D eigenvalue weighted by molar-refractivity contribution is 6.00. The summed E-state index contributed by atoms with van der Waals surface area (Å²) in [5, 5.41) is 4.89. The molecule has 0 unspecified atom stereocenters. The first-order valence-electron chi connectivity index (χ1n) is 7.17. The molecule has 0 fully saturated rings. The maximum absolute atomic E-state index is 13.1. The van der Waals surface area contributed by atoms with Gasteiger partial charge in [-0.05, 0) is 25.5 Å². The van der Waals surface area contributed by atoms with Gasteiger partial charge in [-0.1, -0.05) is 19.8 Å². The van der Waals surface area contributed by atoms with Crippen molar-refractivity contribution in [3.8, 4) is 0 Å². The fraction of sp³-hybridized carbons (Fsp3) is 0.467. The van der Waals surface area contributed by atoms with Crippen molar-refractivity contribution in [3.05, 3.63) is 29.8 Å². The van der Waals surface area contributed by atoms with Gasteiger partial charge >= 0.3 is 0 Å². The fourth-order valence-electron chi connectivity index (χ4n) is 1.78. The Morgan fingerprint density at radius 2 is 1.91 bits per heavy atom. The molecule has 4 N–H and O–H groups in total. The quantitative estimate of drug-likeness (QED) is 0.718. The zero-order valence-electron chi connectivity index (χ0n) is 12.7. The van der Waals surface area contributed by atoms with Crippen molar-refractivity contribution in [1.82, 2.24) is 5.32 Å². The van der Waals surface area contributed by atoms with Crippen LogP contribution in [0.15, 0.2) is 18.2 Å². The minimum atomic E-state index is -1.02. The van der Waals surface area contributed by atoms with Gasteiger partial charge in [0.1, 0.15) is 6.04 Å². The summed E-state index contributed by atoms with van der Waals surface area (Å²) in [4.78, 5) is 23.6. The Morgan fingerprint density at radius 1 is 1.23 bits per heavy atom. The van der Waals surface area contributed by atoms with E-state index in [0.717, 1.165) is 25.0 Å². The molecule has 22 heavy (non-hydrogen) atoms. The molecule has 1 rings (SSSR count). The molecule has 122 valence electrons. The number of imide groups is 1. The highest BCUT2D eigenvalue weighted by atomic mass is 19.2. The lowest BCUT2D eigenvalue weighted by Crippen LogP contribution is -2.48. The summed E-state index contributed by atoms with van der Waals surface area (Å²) in [7, 11) is 0. The largest absolute Gasteiger partial charge is 0.374 e. The topological polar surface area (TPSA) is 84.2 Å². The minimum absolute atomic E-state index is 0.240. The summed E-state index contributed by atoms with van der Waals surface area (Å²) >= 11 is 0. The number of anilines is 1. The average molecular weight is 313 g/mol. The summed E-state index contributed by atoms with van der Waals surface area (Å²) in [6, 6.07) is 1.66. The van der Waals surface area contributed by atoms with Gasteiger partial charge in [-0.15, -0.1) is 0 Å². The average Bonchev–Trinajstić information content (AvgIpc) is 2.48. The first kappa shape index (κ1) is 18.0. The molecule has 0 aromatic heterocycles. The Hall–Kier alpha value is -2.02. The number of carbonyl (C=O) groups excluding carboxylic acids is 2. The number of amides is 2. The number of hydrogen-bond acceptors (Lipinski definition) is 4. The molecule has 0 radical (unpaired) electrons. The maximum atomic E-state index is 13.1. The Morgan fingerprint density at radius 3 is 2.50 bits per heavy atom. The van der Waals surface area contributed by atoms with E-state index in [9.17, 15) is 18.4 Å². The van der Waals surface area contributed by atoms with E-state index < -0.39 is 35.5 Å². The van der Waals surface area contributed by atoms with Crippen LogP contribution >= 0.6 is 0 Å². The van der Waals surface area contributed by atoms with Gasteiger partial charge in [0, 0.05) is 11.8 Å². The van der Waals surface area contributed by atoms with Crippen molar-refractivity contribution in [2.75, 3.05) is 5.32 Å². The normalized spacial score (nSPS) is 13.3. The number of carbonyl (C=O) groups is 2. The van der Waals surface area contributed by atoms with Crippen molar-refractivity contribution >= 4 is 17.5 Å². The lowest BCUT2D eigenvalue weighted by molar-refractivity contribution is -0.131. The van der Waals surface area contributed by atoms with Crippen molar-refractivity contribution in [1.29, 1.82) is 0 Å². The van der Waals surface area contributed by atoms with E-state index in [1.165, 1.54) is 13.0 Å². The summed E-state index contributed by atoms with van der Waals surface area (Å²) in [5.41, 5.74) is 5.90. The van der Waals surface area contributed by atoms with Gasteiger partial charge in [0.15, 0.2) is 11.6 Å². The van der Waals surface area contributed by atoms with Crippen LogP contribution in [-0.2, 0) is 9.59 Å². The van der Waals surface area contributed by atoms with E-state index in [1.807, 2.05) is 6.92 Å². The lowest BCUT2D eigenvalue weighted by atomic mass is 10.1. The second-order valence-electron chi connectivity index (χ2n) is 5.10. The highest BCUT2D eigenvalue weighted by Gasteiger charge is 2.20. The van der Waals surface area contributed by atoms with Gasteiger partial charge < -0.3 is 11.1 Å². The van der Waals surface area contributed by atoms with Crippen LogP contribution < -0.4 is 16.4 Å². The van der Waals surface area contributed by atoms with Crippen LogP contribution in [0.3, 0.4) is 0 Å². The monoisotopic (exact) mass is 313 g/mol. The molecule has 5 nitrogen and oxygen atoms in total. The molecule has 2 amide bonds. The van der Waals surface area contributed by atoms with Crippen molar-refractivity contribution in [3.63, 3.8) is 0 Å². The number of benzene rings is 1. The van der Waals surface area contributed by atoms with Crippen molar-refractivity contribution in [2.45, 2.75) is 45.2 Å². The lowest BCUT2D eigenvalue weighted by Gasteiger charge is -2.16. The predicted octanol–water partition coefficient (Wildman–Crippen LogP) is 1.93. The van der Waals surface area contributed by atoms with Gasteiger partial charge in [0.25, 0.3) is 0 Å². The second kappa shape index (κ2) is 8.43. The third-order valence-electron chi connectivity index (χ3n) is 3.15. The van der Waals surface area contributed by atoms with E-state index in [1.54, 1.807) is 0 Å². The molecule has 0 aliphatic carbocycles. The molecule has 0 saturated carbocycles. The number of unbranched alkanes of at least 4 members (excludes halogenated alkanes) is 1. The summed E-state index contributed by atoms with van der Waals surface area (Å²) in [5.74, 6) is -3.12. The molecule has 2 atom stereocenters. The third-order valence-corrected chi connectivity index (χ3v) is 3.15. The van der Waals surface area contributed by atoms with E-state index >= 15 is 0 Å². The summed E-state index contributed by atoms with van der Waals surface area (Å²) in [6.45, 7) is 3.48. The fourth-order valence-corrected chi connectivity index (χ4v) is 1.78. The van der Waals surface area contributed by atoms with Gasteiger partial charge in [-0.3, -0.25) is 14.9 Å². The van der Waals surface area contributed by atoms with Crippen molar-refractivity contribution in [2.24, 2.45) is 5.73 Å². The predicted molar refractivity (Wildman–Crippen MR) is 80.1 cm³/mol. The van der Waals surface area contributed by atoms with Gasteiger partial charge in [-0.25, -0.2) is 8.78 Å². The Bertz CT molecular complexity index is 538. The van der Waals surface area contributed by atoms with Crippen molar-refractivity contribution < 1.29 is 18.4 Å². The molecule has 0 saturated heterocycles. The van der Waals surface area contributed by atoms with E-state index in [4.69, 9.17) is 5.73 Å². The molecular weight excluding hydrogens is 292 g/mol. The van der Waals surface area contributed by atoms with Crippen LogP contribution in [0, 0.1) is 11.6 Å². The zero-order chi connectivity index (χ0) is 16.7. The minimum Gasteiger partial charge on any atom is -0.374 e.